The van der Waals surface area contributed by atoms with Crippen LogP contribution in [0.25, 0.3) is 0 Å². The molecule has 1 heterocycles. The summed E-state index contributed by atoms with van der Waals surface area (Å²) in [7, 11) is 0. The molecule has 4 nitrogen and oxygen atoms in total. The molecule has 0 amide bonds. The quantitative estimate of drug-likeness (QED) is 0.703. The lowest BCUT2D eigenvalue weighted by atomic mass is 10.0. The standard InChI is InChI=1S/C8H16N4/c1-3-4-7(5-9)8-10-6(2)11-12-8/h7H,3-5,9H2,1-2H3,(H,10,11,12). The average Bonchev–Trinajstić information content (AvgIpc) is 2.47. The van der Waals surface area contributed by atoms with Crippen LogP contribution in [0.15, 0.2) is 0 Å². The van der Waals surface area contributed by atoms with E-state index in [2.05, 4.69) is 22.1 Å². The van der Waals surface area contributed by atoms with Gasteiger partial charge in [0.15, 0.2) is 5.82 Å². The van der Waals surface area contributed by atoms with E-state index in [0.29, 0.717) is 12.5 Å². The van der Waals surface area contributed by atoms with Crippen molar-refractivity contribution in [1.29, 1.82) is 0 Å². The number of H-pyrrole nitrogens is 1. The first-order chi connectivity index (χ1) is 5.77. The van der Waals surface area contributed by atoms with Crippen LogP contribution in [0.2, 0.25) is 0 Å². The number of hydrogen-bond donors (Lipinski definition) is 2. The van der Waals surface area contributed by atoms with E-state index in [1.165, 1.54) is 0 Å². The van der Waals surface area contributed by atoms with Crippen molar-refractivity contribution in [3.05, 3.63) is 11.6 Å². The number of nitrogens with two attached hydrogens (primary N) is 1. The van der Waals surface area contributed by atoms with Crippen LogP contribution in [0.1, 0.15) is 37.3 Å². The molecule has 0 aliphatic carbocycles. The summed E-state index contributed by atoms with van der Waals surface area (Å²) in [5, 5.41) is 6.91. The van der Waals surface area contributed by atoms with Crippen LogP contribution in [0.4, 0.5) is 0 Å². The van der Waals surface area contributed by atoms with Crippen LogP contribution in [-0.4, -0.2) is 21.7 Å². The maximum Gasteiger partial charge on any atom is 0.155 e. The van der Waals surface area contributed by atoms with Crippen molar-refractivity contribution in [3.63, 3.8) is 0 Å². The fourth-order valence-electron chi connectivity index (χ4n) is 1.24. The van der Waals surface area contributed by atoms with Crippen molar-refractivity contribution in [3.8, 4) is 0 Å². The molecule has 1 unspecified atom stereocenters. The van der Waals surface area contributed by atoms with Gasteiger partial charge in [0, 0.05) is 12.5 Å². The monoisotopic (exact) mass is 168 g/mol. The second-order valence-electron chi connectivity index (χ2n) is 3.00. The topological polar surface area (TPSA) is 67.6 Å². The van der Waals surface area contributed by atoms with E-state index >= 15 is 0 Å². The van der Waals surface area contributed by atoms with E-state index in [9.17, 15) is 0 Å². The minimum absolute atomic E-state index is 0.319. The van der Waals surface area contributed by atoms with Gasteiger partial charge in [-0.3, -0.25) is 5.10 Å². The van der Waals surface area contributed by atoms with E-state index in [4.69, 9.17) is 5.73 Å². The Morgan fingerprint density at radius 3 is 2.75 bits per heavy atom. The zero-order valence-corrected chi connectivity index (χ0v) is 7.67. The first-order valence-corrected chi connectivity index (χ1v) is 4.36. The highest BCUT2D eigenvalue weighted by Gasteiger charge is 2.12. The van der Waals surface area contributed by atoms with Gasteiger partial charge in [0.1, 0.15) is 5.82 Å². The van der Waals surface area contributed by atoms with Crippen molar-refractivity contribution < 1.29 is 0 Å². The molecule has 0 fully saturated rings. The molecule has 0 aromatic carbocycles. The fraction of sp³-hybridized carbons (Fsp3) is 0.750. The molecule has 3 N–H and O–H groups in total. The summed E-state index contributed by atoms with van der Waals surface area (Å²) in [6.07, 6.45) is 2.18. The summed E-state index contributed by atoms with van der Waals surface area (Å²) in [4.78, 5) is 4.25. The summed E-state index contributed by atoms with van der Waals surface area (Å²) >= 11 is 0. The molecule has 12 heavy (non-hydrogen) atoms. The molecule has 1 rings (SSSR count). The lowest BCUT2D eigenvalue weighted by molar-refractivity contribution is 0.591. The van der Waals surface area contributed by atoms with E-state index < -0.39 is 0 Å². The van der Waals surface area contributed by atoms with Gasteiger partial charge in [0.05, 0.1) is 0 Å². The molecule has 0 saturated heterocycles. The second kappa shape index (κ2) is 4.21. The van der Waals surface area contributed by atoms with Gasteiger partial charge in [-0.1, -0.05) is 13.3 Å². The maximum atomic E-state index is 5.61. The van der Waals surface area contributed by atoms with Crippen LogP contribution in [0.5, 0.6) is 0 Å². The highest BCUT2D eigenvalue weighted by Crippen LogP contribution is 2.15. The summed E-state index contributed by atoms with van der Waals surface area (Å²) < 4.78 is 0. The molecular formula is C8H16N4. The van der Waals surface area contributed by atoms with Crippen molar-refractivity contribution in [2.75, 3.05) is 6.54 Å². The average molecular weight is 168 g/mol. The van der Waals surface area contributed by atoms with E-state index in [1.807, 2.05) is 6.92 Å². The smallest absolute Gasteiger partial charge is 0.155 e. The molecule has 0 radical (unpaired) electrons. The van der Waals surface area contributed by atoms with Gasteiger partial charge in [-0.05, 0) is 13.3 Å². The first-order valence-electron chi connectivity index (χ1n) is 4.36. The first kappa shape index (κ1) is 9.19. The van der Waals surface area contributed by atoms with Gasteiger partial charge in [-0.15, -0.1) is 0 Å². The largest absolute Gasteiger partial charge is 0.330 e. The Hall–Kier alpha value is -0.900. The molecule has 1 atom stereocenters. The van der Waals surface area contributed by atoms with Gasteiger partial charge < -0.3 is 5.73 Å². The maximum absolute atomic E-state index is 5.61. The number of aromatic nitrogens is 3. The van der Waals surface area contributed by atoms with Crippen molar-refractivity contribution >= 4 is 0 Å². The number of aromatic amines is 1. The summed E-state index contributed by atoms with van der Waals surface area (Å²) in [5.74, 6) is 2.04. The molecule has 1 aromatic heterocycles. The highest BCUT2D eigenvalue weighted by molar-refractivity contribution is 4.96. The Morgan fingerprint density at radius 2 is 2.33 bits per heavy atom. The Morgan fingerprint density at radius 1 is 1.58 bits per heavy atom. The third kappa shape index (κ3) is 2.04. The van der Waals surface area contributed by atoms with Crippen molar-refractivity contribution in [2.45, 2.75) is 32.6 Å². The van der Waals surface area contributed by atoms with Crippen LogP contribution >= 0.6 is 0 Å². The second-order valence-corrected chi connectivity index (χ2v) is 3.00. The number of nitrogens with one attached hydrogen (secondary N) is 1. The Balaban J connectivity index is 2.66. The van der Waals surface area contributed by atoms with Crippen molar-refractivity contribution in [1.82, 2.24) is 15.2 Å². The molecule has 0 aliphatic heterocycles. The van der Waals surface area contributed by atoms with Crippen LogP contribution in [0.3, 0.4) is 0 Å². The zero-order valence-electron chi connectivity index (χ0n) is 7.67. The van der Waals surface area contributed by atoms with Gasteiger partial charge in [-0.25, -0.2) is 4.98 Å². The normalized spacial score (nSPS) is 13.2. The Labute approximate surface area is 72.6 Å². The third-order valence-corrected chi connectivity index (χ3v) is 1.90. The SMILES string of the molecule is CCCC(CN)c1n[nH]c(C)n1. The summed E-state index contributed by atoms with van der Waals surface area (Å²) in [6, 6.07) is 0. The molecule has 0 spiro atoms. The van der Waals surface area contributed by atoms with E-state index in [0.717, 1.165) is 24.5 Å². The minimum Gasteiger partial charge on any atom is -0.330 e. The fourth-order valence-corrected chi connectivity index (χ4v) is 1.24. The van der Waals surface area contributed by atoms with Crippen molar-refractivity contribution in [2.24, 2.45) is 5.73 Å². The lowest BCUT2D eigenvalue weighted by Crippen LogP contribution is -2.13. The predicted molar refractivity (Wildman–Crippen MR) is 47.8 cm³/mol. The number of rotatable bonds is 4. The number of aryl methyl sites for hydroxylation is 1. The van der Waals surface area contributed by atoms with E-state index in [1.54, 1.807) is 0 Å². The number of nitrogens with zero attached hydrogens (tertiary/aromatic N) is 2. The lowest BCUT2D eigenvalue weighted by Gasteiger charge is -2.07. The van der Waals surface area contributed by atoms with Gasteiger partial charge in [-0.2, -0.15) is 5.10 Å². The Kier molecular flexibility index (Phi) is 3.22. The van der Waals surface area contributed by atoms with Crippen LogP contribution in [0, 0.1) is 6.92 Å². The molecular weight excluding hydrogens is 152 g/mol. The predicted octanol–water partition coefficient (Wildman–Crippen LogP) is 0.956. The van der Waals surface area contributed by atoms with Gasteiger partial charge in [0.25, 0.3) is 0 Å². The summed E-state index contributed by atoms with van der Waals surface area (Å²) in [6.45, 7) is 4.67. The Bertz CT molecular complexity index is 231. The highest BCUT2D eigenvalue weighted by atomic mass is 15.2. The summed E-state index contributed by atoms with van der Waals surface area (Å²) in [5.41, 5.74) is 5.61. The molecule has 0 saturated carbocycles. The molecule has 68 valence electrons. The van der Waals surface area contributed by atoms with Gasteiger partial charge in [0.2, 0.25) is 0 Å². The molecule has 0 aliphatic rings. The molecule has 0 bridgehead atoms. The van der Waals surface area contributed by atoms with Crippen LogP contribution in [-0.2, 0) is 0 Å². The van der Waals surface area contributed by atoms with Gasteiger partial charge >= 0.3 is 0 Å². The minimum atomic E-state index is 0.319. The molecule has 1 aromatic rings. The third-order valence-electron chi connectivity index (χ3n) is 1.90. The van der Waals surface area contributed by atoms with E-state index in [-0.39, 0.29) is 0 Å². The molecule has 4 heteroatoms. The number of hydrogen-bond acceptors (Lipinski definition) is 3. The zero-order chi connectivity index (χ0) is 8.97. The van der Waals surface area contributed by atoms with Crippen LogP contribution < -0.4 is 5.73 Å².